The monoisotopic (exact) mass is 764 g/mol. The predicted octanol–water partition coefficient (Wildman–Crippen LogP) is 3.92. The zero-order valence-electron chi connectivity index (χ0n) is 32.7. The highest BCUT2D eigenvalue weighted by molar-refractivity contribution is 7.91. The van der Waals surface area contributed by atoms with Crippen LogP contribution in [0.25, 0.3) is 0 Å². The summed E-state index contributed by atoms with van der Waals surface area (Å²) in [5.41, 5.74) is -1.58. The summed E-state index contributed by atoms with van der Waals surface area (Å²) in [5, 5.41) is 12.8. The Kier molecular flexibility index (Phi) is 13.6. The molecule has 1 unspecified atom stereocenters. The number of thiophene rings is 1. The number of ketones is 1. The molecule has 13 nitrogen and oxygen atoms in total. The van der Waals surface area contributed by atoms with Crippen molar-refractivity contribution in [1.82, 2.24) is 30.5 Å². The first-order valence-corrected chi connectivity index (χ1v) is 20.4. The van der Waals surface area contributed by atoms with Crippen molar-refractivity contribution in [3.8, 4) is 0 Å². The van der Waals surface area contributed by atoms with E-state index in [-0.39, 0.29) is 41.0 Å². The Morgan fingerprint density at radius 2 is 1.69 bits per heavy atom. The van der Waals surface area contributed by atoms with Crippen LogP contribution in [-0.2, 0) is 29.2 Å². The fourth-order valence-electron chi connectivity index (χ4n) is 7.01. The Bertz CT molecular complexity index is 1590. The molecule has 0 bridgehead atoms. The molecule has 4 N–H and O–H groups in total. The van der Waals surface area contributed by atoms with Crippen molar-refractivity contribution in [3.05, 3.63) is 30.2 Å². The number of Topliss-reactive ketones (excluding diaryl/α,β-unsaturated/α-hetero) is 1. The molecule has 1 aliphatic carbocycles. The summed E-state index contributed by atoms with van der Waals surface area (Å²) in [6.07, 6.45) is 2.23. The molecule has 2 fully saturated rings. The van der Waals surface area contributed by atoms with Gasteiger partial charge in [0.1, 0.15) is 16.3 Å². The third-order valence-corrected chi connectivity index (χ3v) is 13.8. The quantitative estimate of drug-likeness (QED) is 0.146. The van der Waals surface area contributed by atoms with E-state index in [9.17, 15) is 32.4 Å². The van der Waals surface area contributed by atoms with Crippen molar-refractivity contribution >= 4 is 50.9 Å². The van der Waals surface area contributed by atoms with Crippen molar-refractivity contribution in [3.63, 3.8) is 0 Å². The zero-order valence-corrected chi connectivity index (χ0v) is 34.3. The van der Waals surface area contributed by atoms with Crippen LogP contribution in [0.1, 0.15) is 89.0 Å². The second kappa shape index (κ2) is 16.4. The lowest BCUT2D eigenvalue weighted by atomic mass is 9.85. The normalized spacial score (nSPS) is 21.5. The van der Waals surface area contributed by atoms with Crippen LogP contribution in [0.2, 0.25) is 0 Å². The molecule has 0 radical (unpaired) electrons. The number of fused-ring (bicyclic) bond motifs is 1. The average molecular weight is 765 g/mol. The van der Waals surface area contributed by atoms with E-state index < -0.39 is 80.6 Å². The molecular weight excluding hydrogens is 705 g/mol. The van der Waals surface area contributed by atoms with E-state index in [1.807, 2.05) is 62.3 Å². The minimum Gasteiger partial charge on any atom is -0.346 e. The maximum absolute atomic E-state index is 14.5. The summed E-state index contributed by atoms with van der Waals surface area (Å²) in [6, 6.07) is -1.47. The SMILES string of the molecule is C=CCNC(=O)C(=O)C(CCC)NC(=O)[C@@H]1[C@@H]2[C@H](CN1C(=O)[C@@H](NC(=O)N[C@H](CN(C(C)C)S(=O)(=O)c1cccs1)C(C)(C)C)C(C)(C)C)C2(C)C. The molecule has 5 amide bonds. The van der Waals surface area contributed by atoms with Crippen LogP contribution in [-0.4, -0.2) is 97.0 Å². The zero-order chi connectivity index (χ0) is 39.6. The number of hydrogen-bond donors (Lipinski definition) is 4. The maximum atomic E-state index is 14.5. The predicted molar refractivity (Wildman–Crippen MR) is 203 cm³/mol. The van der Waals surface area contributed by atoms with Crippen LogP contribution in [0.4, 0.5) is 4.79 Å². The van der Waals surface area contributed by atoms with Gasteiger partial charge in [-0.15, -0.1) is 17.9 Å². The number of hydrogen-bond acceptors (Lipinski definition) is 8. The van der Waals surface area contributed by atoms with Crippen LogP contribution in [0, 0.1) is 28.1 Å². The summed E-state index contributed by atoms with van der Waals surface area (Å²) in [7, 11) is -3.84. The molecule has 3 rings (SSSR count). The number of amides is 5. The van der Waals surface area contributed by atoms with Crippen LogP contribution < -0.4 is 21.3 Å². The molecule has 2 heterocycles. The van der Waals surface area contributed by atoms with Gasteiger partial charge in [-0.25, -0.2) is 13.2 Å². The molecular formula is C37H60N6O7S2. The van der Waals surface area contributed by atoms with E-state index in [1.54, 1.807) is 31.4 Å². The Labute approximate surface area is 314 Å². The van der Waals surface area contributed by atoms with Gasteiger partial charge in [0.25, 0.3) is 15.9 Å². The van der Waals surface area contributed by atoms with Crippen LogP contribution in [0.3, 0.4) is 0 Å². The van der Waals surface area contributed by atoms with E-state index in [0.29, 0.717) is 13.0 Å². The molecule has 52 heavy (non-hydrogen) atoms. The van der Waals surface area contributed by atoms with Gasteiger partial charge in [-0.3, -0.25) is 19.2 Å². The number of nitrogens with one attached hydrogen (secondary N) is 4. The first kappa shape index (κ1) is 43.1. The van der Waals surface area contributed by atoms with Crippen molar-refractivity contribution in [2.75, 3.05) is 19.6 Å². The van der Waals surface area contributed by atoms with E-state index in [1.165, 1.54) is 15.3 Å². The molecule has 1 saturated heterocycles. The molecule has 6 atom stereocenters. The van der Waals surface area contributed by atoms with Gasteiger partial charge in [0, 0.05) is 31.7 Å². The molecule has 1 aromatic rings. The lowest BCUT2D eigenvalue weighted by molar-refractivity contribution is -0.145. The lowest BCUT2D eigenvalue weighted by Gasteiger charge is -2.39. The number of carbonyl (C=O) groups is 5. The molecule has 1 aromatic heterocycles. The van der Waals surface area contributed by atoms with Gasteiger partial charge in [-0.1, -0.05) is 80.9 Å². The number of urea groups is 1. The number of sulfonamides is 1. The lowest BCUT2D eigenvalue weighted by Crippen LogP contribution is -2.63. The largest absolute Gasteiger partial charge is 0.346 e. The van der Waals surface area contributed by atoms with E-state index >= 15 is 0 Å². The summed E-state index contributed by atoms with van der Waals surface area (Å²) in [4.78, 5) is 69.4. The molecule has 0 aromatic carbocycles. The van der Waals surface area contributed by atoms with Gasteiger partial charge in [0.05, 0.1) is 6.04 Å². The fourth-order valence-corrected chi connectivity index (χ4v) is 9.78. The standard InChI is InChI=1S/C37H60N6O7S2/c1-13-16-24(29(44)32(46)38-18-14-2)39-31(45)28-27-23(37(27,11)12)20-42(28)33(47)30(36(8,9)10)41-34(48)40-25(35(5,6)7)21-43(22(3)4)52(49,50)26-17-15-19-51-26/h14-15,17,19,22-25,27-28,30H,2,13,16,18,20-21H2,1,3-12H3,(H,38,46)(H,39,45)(H2,40,41,48)/t23-,24?,25+,27-,28-,30+/m0/s1. The first-order valence-electron chi connectivity index (χ1n) is 18.1. The van der Waals surface area contributed by atoms with Gasteiger partial charge >= 0.3 is 6.03 Å². The van der Waals surface area contributed by atoms with Gasteiger partial charge in [-0.05, 0) is 59.8 Å². The molecule has 292 valence electrons. The third-order valence-electron chi connectivity index (χ3n) is 10.3. The van der Waals surface area contributed by atoms with E-state index in [4.69, 9.17) is 0 Å². The minimum absolute atomic E-state index is 0.000969. The van der Waals surface area contributed by atoms with Gasteiger partial charge < -0.3 is 26.2 Å². The Hall–Kier alpha value is -3.30. The highest BCUT2D eigenvalue weighted by Crippen LogP contribution is 2.65. The summed E-state index contributed by atoms with van der Waals surface area (Å²) >= 11 is 1.13. The highest BCUT2D eigenvalue weighted by Gasteiger charge is 2.70. The molecule has 2 aliphatic rings. The topological polar surface area (TPSA) is 174 Å². The number of carbonyl (C=O) groups excluding carboxylic acids is 5. The number of rotatable bonds is 16. The number of likely N-dealkylation sites (tertiary alicyclic amines) is 1. The Morgan fingerprint density at radius 3 is 2.19 bits per heavy atom. The smallest absolute Gasteiger partial charge is 0.315 e. The van der Waals surface area contributed by atoms with E-state index in [0.717, 1.165) is 11.3 Å². The Morgan fingerprint density at radius 1 is 1.06 bits per heavy atom. The summed E-state index contributed by atoms with van der Waals surface area (Å²) in [6.45, 7) is 24.6. The molecule has 0 spiro atoms. The Balaban J connectivity index is 1.86. The summed E-state index contributed by atoms with van der Waals surface area (Å²) in [5.74, 6) is -2.67. The van der Waals surface area contributed by atoms with Crippen molar-refractivity contribution in [2.45, 2.75) is 123 Å². The number of piperidine rings is 1. The van der Waals surface area contributed by atoms with Gasteiger partial charge in [0.2, 0.25) is 17.6 Å². The van der Waals surface area contributed by atoms with Crippen LogP contribution in [0.15, 0.2) is 34.4 Å². The maximum Gasteiger partial charge on any atom is 0.315 e. The second-order valence-electron chi connectivity index (χ2n) is 17.0. The minimum atomic E-state index is -3.84. The summed E-state index contributed by atoms with van der Waals surface area (Å²) < 4.78 is 28.8. The van der Waals surface area contributed by atoms with Crippen molar-refractivity contribution < 1.29 is 32.4 Å². The molecule has 1 aliphatic heterocycles. The number of nitrogens with zero attached hydrogens (tertiary/aromatic N) is 2. The van der Waals surface area contributed by atoms with Crippen LogP contribution >= 0.6 is 11.3 Å². The van der Waals surface area contributed by atoms with Gasteiger partial charge in [-0.2, -0.15) is 4.31 Å². The first-order chi connectivity index (χ1) is 23.9. The van der Waals surface area contributed by atoms with E-state index in [2.05, 4.69) is 27.8 Å². The van der Waals surface area contributed by atoms with Crippen molar-refractivity contribution in [2.24, 2.45) is 28.1 Å². The van der Waals surface area contributed by atoms with Gasteiger partial charge in [0.15, 0.2) is 0 Å². The molecule has 1 saturated carbocycles. The third kappa shape index (κ3) is 9.62. The average Bonchev–Trinajstić information content (AvgIpc) is 3.49. The molecule has 15 heteroatoms. The highest BCUT2D eigenvalue weighted by atomic mass is 32.2. The fraction of sp³-hybridized carbons (Fsp3) is 0.703. The van der Waals surface area contributed by atoms with Crippen molar-refractivity contribution in [1.29, 1.82) is 0 Å². The van der Waals surface area contributed by atoms with Crippen LogP contribution in [0.5, 0.6) is 0 Å². The second-order valence-corrected chi connectivity index (χ2v) is 20.1.